The summed E-state index contributed by atoms with van der Waals surface area (Å²) in [5, 5.41) is 0. The second-order valence-electron chi connectivity index (χ2n) is 4.53. The Hall–Kier alpha value is -2.56. The molecule has 108 valence electrons. The molecule has 0 amide bonds. The standard InChI is InChI=1S/C16H13FO4/c17-12-2-1-3-13(9-12)21-10-14(18)11-4-5-15-16(8-11)20-7-6-19-15/h1-5,8-9H,6-7,10H2. The van der Waals surface area contributed by atoms with Gasteiger partial charge in [0.15, 0.2) is 23.9 Å². The Morgan fingerprint density at radius 3 is 2.71 bits per heavy atom. The molecule has 1 heterocycles. The third-order valence-electron chi connectivity index (χ3n) is 3.03. The van der Waals surface area contributed by atoms with Crippen molar-refractivity contribution < 1.29 is 23.4 Å². The van der Waals surface area contributed by atoms with Crippen LogP contribution in [-0.4, -0.2) is 25.6 Å². The van der Waals surface area contributed by atoms with Crippen LogP contribution in [0, 0.1) is 5.82 Å². The van der Waals surface area contributed by atoms with Crippen molar-refractivity contribution in [1.82, 2.24) is 0 Å². The van der Waals surface area contributed by atoms with Crippen LogP contribution in [0.15, 0.2) is 42.5 Å². The predicted octanol–water partition coefficient (Wildman–Crippen LogP) is 2.86. The smallest absolute Gasteiger partial charge is 0.200 e. The molecule has 4 nitrogen and oxygen atoms in total. The van der Waals surface area contributed by atoms with E-state index in [0.29, 0.717) is 36.0 Å². The molecule has 0 aromatic heterocycles. The summed E-state index contributed by atoms with van der Waals surface area (Å²) in [6.45, 7) is 0.802. The van der Waals surface area contributed by atoms with Crippen LogP contribution in [0.1, 0.15) is 10.4 Å². The number of hydrogen-bond acceptors (Lipinski definition) is 4. The van der Waals surface area contributed by atoms with Gasteiger partial charge >= 0.3 is 0 Å². The topological polar surface area (TPSA) is 44.8 Å². The first kappa shape index (κ1) is 13.4. The molecule has 0 saturated heterocycles. The zero-order valence-corrected chi connectivity index (χ0v) is 11.2. The largest absolute Gasteiger partial charge is 0.486 e. The number of halogens is 1. The highest BCUT2D eigenvalue weighted by Crippen LogP contribution is 2.30. The Bertz CT molecular complexity index is 669. The maximum Gasteiger partial charge on any atom is 0.200 e. The number of hydrogen-bond donors (Lipinski definition) is 0. The van der Waals surface area contributed by atoms with Gasteiger partial charge in [-0.05, 0) is 30.3 Å². The third-order valence-corrected chi connectivity index (χ3v) is 3.03. The Kier molecular flexibility index (Phi) is 3.73. The van der Waals surface area contributed by atoms with Crippen molar-refractivity contribution in [3.8, 4) is 17.2 Å². The molecule has 1 aliphatic rings. The summed E-state index contributed by atoms with van der Waals surface area (Å²) in [5.41, 5.74) is 0.468. The third kappa shape index (κ3) is 3.13. The highest BCUT2D eigenvalue weighted by molar-refractivity contribution is 5.97. The summed E-state index contributed by atoms with van der Waals surface area (Å²) >= 11 is 0. The first-order valence-corrected chi connectivity index (χ1v) is 6.53. The van der Waals surface area contributed by atoms with Crippen LogP contribution in [0.4, 0.5) is 4.39 Å². The fraction of sp³-hybridized carbons (Fsp3) is 0.188. The summed E-state index contributed by atoms with van der Waals surface area (Å²) in [4.78, 5) is 12.1. The summed E-state index contributed by atoms with van der Waals surface area (Å²) in [5.74, 6) is 0.887. The van der Waals surface area contributed by atoms with Gasteiger partial charge in [0, 0.05) is 11.6 Å². The Morgan fingerprint density at radius 2 is 1.90 bits per heavy atom. The second kappa shape index (κ2) is 5.83. The average Bonchev–Trinajstić information content (AvgIpc) is 2.52. The van der Waals surface area contributed by atoms with Crippen LogP contribution >= 0.6 is 0 Å². The van der Waals surface area contributed by atoms with Crippen LogP contribution < -0.4 is 14.2 Å². The number of ether oxygens (including phenoxy) is 3. The van der Waals surface area contributed by atoms with Gasteiger partial charge in [0.2, 0.25) is 0 Å². The lowest BCUT2D eigenvalue weighted by Gasteiger charge is -2.18. The van der Waals surface area contributed by atoms with Crippen LogP contribution in [0.25, 0.3) is 0 Å². The van der Waals surface area contributed by atoms with Gasteiger partial charge in [-0.15, -0.1) is 0 Å². The molecular formula is C16H13FO4. The van der Waals surface area contributed by atoms with E-state index in [2.05, 4.69) is 0 Å². The fourth-order valence-electron chi connectivity index (χ4n) is 2.01. The highest BCUT2D eigenvalue weighted by atomic mass is 19.1. The van der Waals surface area contributed by atoms with Gasteiger partial charge in [0.05, 0.1) is 0 Å². The van der Waals surface area contributed by atoms with Crippen molar-refractivity contribution in [2.75, 3.05) is 19.8 Å². The van der Waals surface area contributed by atoms with Gasteiger partial charge in [-0.3, -0.25) is 4.79 Å². The SMILES string of the molecule is O=C(COc1cccc(F)c1)c1ccc2c(c1)OCCO2. The maximum atomic E-state index is 13.0. The van der Waals surface area contributed by atoms with E-state index >= 15 is 0 Å². The number of benzene rings is 2. The number of fused-ring (bicyclic) bond motifs is 1. The second-order valence-corrected chi connectivity index (χ2v) is 4.53. The molecule has 0 spiro atoms. The molecule has 3 rings (SSSR count). The highest BCUT2D eigenvalue weighted by Gasteiger charge is 2.15. The normalized spacial score (nSPS) is 12.8. The molecule has 0 radical (unpaired) electrons. The Balaban J connectivity index is 1.68. The molecule has 2 aromatic rings. The zero-order valence-electron chi connectivity index (χ0n) is 11.2. The van der Waals surface area contributed by atoms with Crippen molar-refractivity contribution in [3.05, 3.63) is 53.8 Å². The lowest BCUT2D eigenvalue weighted by Crippen LogP contribution is -2.17. The molecule has 21 heavy (non-hydrogen) atoms. The predicted molar refractivity (Wildman–Crippen MR) is 73.7 cm³/mol. The molecule has 0 bridgehead atoms. The van der Waals surface area contributed by atoms with Crippen LogP contribution in [-0.2, 0) is 0 Å². The molecule has 0 saturated carbocycles. The molecule has 2 aromatic carbocycles. The first-order chi connectivity index (χ1) is 10.2. The van der Waals surface area contributed by atoms with Gasteiger partial charge in [0.25, 0.3) is 0 Å². The van der Waals surface area contributed by atoms with Crippen molar-refractivity contribution in [2.24, 2.45) is 0 Å². The summed E-state index contributed by atoms with van der Waals surface area (Å²) < 4.78 is 29.1. The Labute approximate surface area is 121 Å². The molecule has 5 heteroatoms. The van der Waals surface area contributed by atoms with Crippen molar-refractivity contribution >= 4 is 5.78 Å². The monoisotopic (exact) mass is 288 g/mol. The maximum absolute atomic E-state index is 13.0. The average molecular weight is 288 g/mol. The Morgan fingerprint density at radius 1 is 1.10 bits per heavy atom. The van der Waals surface area contributed by atoms with Gasteiger partial charge in [-0.25, -0.2) is 4.39 Å². The summed E-state index contributed by atoms with van der Waals surface area (Å²) in [6.07, 6.45) is 0. The van der Waals surface area contributed by atoms with Crippen LogP contribution in [0.5, 0.6) is 17.2 Å². The van der Waals surface area contributed by atoms with E-state index < -0.39 is 5.82 Å². The van der Waals surface area contributed by atoms with E-state index in [9.17, 15) is 9.18 Å². The molecule has 0 fully saturated rings. The van der Waals surface area contributed by atoms with Crippen molar-refractivity contribution in [3.63, 3.8) is 0 Å². The van der Waals surface area contributed by atoms with E-state index in [1.807, 2.05) is 0 Å². The van der Waals surface area contributed by atoms with E-state index in [1.165, 1.54) is 18.2 Å². The number of rotatable bonds is 4. The number of carbonyl (C=O) groups excluding carboxylic acids is 1. The minimum absolute atomic E-state index is 0.164. The molecule has 1 aliphatic heterocycles. The number of carbonyl (C=O) groups is 1. The lowest BCUT2D eigenvalue weighted by atomic mass is 10.1. The van der Waals surface area contributed by atoms with E-state index in [4.69, 9.17) is 14.2 Å². The number of Topliss-reactive ketones (excluding diaryl/α,β-unsaturated/α-hetero) is 1. The first-order valence-electron chi connectivity index (χ1n) is 6.53. The van der Waals surface area contributed by atoms with Crippen molar-refractivity contribution in [2.45, 2.75) is 0 Å². The minimum atomic E-state index is -0.403. The van der Waals surface area contributed by atoms with Crippen LogP contribution in [0.3, 0.4) is 0 Å². The quantitative estimate of drug-likeness (QED) is 0.812. The van der Waals surface area contributed by atoms with E-state index in [-0.39, 0.29) is 12.4 Å². The zero-order chi connectivity index (χ0) is 14.7. The summed E-state index contributed by atoms with van der Waals surface area (Å²) in [7, 11) is 0. The molecule has 0 N–H and O–H groups in total. The van der Waals surface area contributed by atoms with Crippen molar-refractivity contribution in [1.29, 1.82) is 0 Å². The van der Waals surface area contributed by atoms with Gasteiger partial charge in [-0.1, -0.05) is 6.07 Å². The fourth-order valence-corrected chi connectivity index (χ4v) is 2.01. The molecular weight excluding hydrogens is 275 g/mol. The lowest BCUT2D eigenvalue weighted by molar-refractivity contribution is 0.0920. The molecule has 0 aliphatic carbocycles. The summed E-state index contributed by atoms with van der Waals surface area (Å²) in [6, 6.07) is 10.7. The molecule has 0 atom stereocenters. The van der Waals surface area contributed by atoms with E-state index in [1.54, 1.807) is 24.3 Å². The number of ketones is 1. The van der Waals surface area contributed by atoms with Gasteiger partial charge < -0.3 is 14.2 Å². The van der Waals surface area contributed by atoms with Crippen LogP contribution in [0.2, 0.25) is 0 Å². The van der Waals surface area contributed by atoms with Gasteiger partial charge in [0.1, 0.15) is 24.8 Å². The van der Waals surface area contributed by atoms with E-state index in [0.717, 1.165) is 0 Å². The molecule has 0 unspecified atom stereocenters. The van der Waals surface area contributed by atoms with Gasteiger partial charge in [-0.2, -0.15) is 0 Å². The minimum Gasteiger partial charge on any atom is -0.486 e.